The Hall–Kier alpha value is -2.46. The van der Waals surface area contributed by atoms with Crippen LogP contribution < -0.4 is 16.4 Å². The van der Waals surface area contributed by atoms with Gasteiger partial charge < -0.3 is 26.3 Å². The molecular formula is C23H27ClN6O2S. The summed E-state index contributed by atoms with van der Waals surface area (Å²) in [4.78, 5) is 37.1. The van der Waals surface area contributed by atoms with Gasteiger partial charge >= 0.3 is 0 Å². The standard InChI is InChI=1S/C23H27ClN6O2S/c1-30-7-6-17-20(11-30)33-23(29-17)22(32)28-18-10-14(25)3-5-16(18)27-21(31)19-9-12-8-13(24)2-4-15(12)26-19/h2,4,8-9,14,16,18,26H,3,5-7,10-11,25H2,1H3,(H,27,31)(H,28,32). The zero-order chi connectivity index (χ0) is 23.1. The van der Waals surface area contributed by atoms with Gasteiger partial charge in [-0.2, -0.15) is 0 Å². The van der Waals surface area contributed by atoms with Crippen LogP contribution in [0.2, 0.25) is 5.02 Å². The number of aromatic amines is 1. The molecule has 174 valence electrons. The second kappa shape index (κ2) is 9.06. The monoisotopic (exact) mass is 486 g/mol. The van der Waals surface area contributed by atoms with Crippen molar-refractivity contribution in [2.45, 2.75) is 50.4 Å². The molecule has 2 amide bonds. The molecule has 1 saturated carbocycles. The minimum atomic E-state index is -0.257. The highest BCUT2D eigenvalue weighted by atomic mass is 35.5. The van der Waals surface area contributed by atoms with Crippen molar-refractivity contribution in [1.82, 2.24) is 25.5 Å². The Bertz CT molecular complexity index is 1210. The first kappa shape index (κ1) is 22.3. The molecule has 5 rings (SSSR count). The van der Waals surface area contributed by atoms with E-state index in [1.54, 1.807) is 12.1 Å². The summed E-state index contributed by atoms with van der Waals surface area (Å²) in [6, 6.07) is 6.75. The summed E-state index contributed by atoms with van der Waals surface area (Å²) >= 11 is 7.51. The molecule has 3 unspecified atom stereocenters. The predicted molar refractivity (Wildman–Crippen MR) is 130 cm³/mol. The number of nitrogens with zero attached hydrogens (tertiary/aromatic N) is 2. The van der Waals surface area contributed by atoms with E-state index in [0.717, 1.165) is 47.4 Å². The van der Waals surface area contributed by atoms with E-state index < -0.39 is 0 Å². The number of thiazole rings is 1. The Morgan fingerprint density at radius 3 is 2.88 bits per heavy atom. The number of carbonyl (C=O) groups is 2. The lowest BCUT2D eigenvalue weighted by Crippen LogP contribution is -2.56. The average molecular weight is 487 g/mol. The zero-order valence-electron chi connectivity index (χ0n) is 18.4. The number of nitrogens with two attached hydrogens (primary N) is 1. The van der Waals surface area contributed by atoms with Crippen LogP contribution in [0.25, 0.3) is 10.9 Å². The van der Waals surface area contributed by atoms with Crippen LogP contribution in [-0.2, 0) is 13.0 Å². The summed E-state index contributed by atoms with van der Waals surface area (Å²) in [6.07, 6.45) is 2.95. The molecule has 3 atom stereocenters. The van der Waals surface area contributed by atoms with Gasteiger partial charge in [0.2, 0.25) is 0 Å². The van der Waals surface area contributed by atoms with E-state index in [1.165, 1.54) is 11.3 Å². The first-order valence-electron chi connectivity index (χ1n) is 11.2. The third kappa shape index (κ3) is 4.77. The first-order chi connectivity index (χ1) is 15.9. The number of nitrogens with one attached hydrogen (secondary N) is 3. The van der Waals surface area contributed by atoms with Crippen molar-refractivity contribution < 1.29 is 9.59 Å². The second-order valence-electron chi connectivity index (χ2n) is 9.02. The van der Waals surface area contributed by atoms with Crippen molar-refractivity contribution in [2.75, 3.05) is 13.6 Å². The molecule has 2 aliphatic rings. The van der Waals surface area contributed by atoms with Gasteiger partial charge in [-0.15, -0.1) is 11.3 Å². The fourth-order valence-corrected chi connectivity index (χ4v) is 5.93. The van der Waals surface area contributed by atoms with Crippen LogP contribution >= 0.6 is 22.9 Å². The van der Waals surface area contributed by atoms with Gasteiger partial charge in [0.1, 0.15) is 5.69 Å². The average Bonchev–Trinajstić information content (AvgIpc) is 3.39. The molecule has 1 aliphatic heterocycles. The molecule has 1 aliphatic carbocycles. The highest BCUT2D eigenvalue weighted by Gasteiger charge is 2.33. The normalized spacial score (nSPS) is 23.3. The SMILES string of the molecule is CN1CCc2nc(C(=O)NC3CC(N)CCC3NC(=O)c3cc4cc(Cl)ccc4[nH]3)sc2C1. The highest BCUT2D eigenvalue weighted by molar-refractivity contribution is 7.13. The van der Waals surface area contributed by atoms with Crippen LogP contribution in [0.3, 0.4) is 0 Å². The number of hydrogen-bond acceptors (Lipinski definition) is 6. The Kier molecular flexibility index (Phi) is 6.13. The number of rotatable bonds is 4. The van der Waals surface area contributed by atoms with Crippen molar-refractivity contribution in [3.63, 3.8) is 0 Å². The van der Waals surface area contributed by atoms with Crippen LogP contribution in [-0.4, -0.2) is 58.4 Å². The molecular weight excluding hydrogens is 460 g/mol. The number of benzene rings is 1. The van der Waals surface area contributed by atoms with Gasteiger partial charge in [0.15, 0.2) is 5.01 Å². The van der Waals surface area contributed by atoms with Crippen LogP contribution in [0.5, 0.6) is 0 Å². The third-order valence-electron chi connectivity index (χ3n) is 6.47. The van der Waals surface area contributed by atoms with E-state index in [0.29, 0.717) is 28.6 Å². The molecule has 10 heteroatoms. The van der Waals surface area contributed by atoms with Gasteiger partial charge in [0.05, 0.1) is 11.7 Å². The Balaban J connectivity index is 1.29. The number of H-pyrrole nitrogens is 1. The number of carbonyl (C=O) groups excluding carboxylic acids is 2. The van der Waals surface area contributed by atoms with E-state index in [-0.39, 0.29) is 29.9 Å². The van der Waals surface area contributed by atoms with Gasteiger partial charge in [0, 0.05) is 52.4 Å². The number of halogens is 1. The Morgan fingerprint density at radius 2 is 2.03 bits per heavy atom. The molecule has 33 heavy (non-hydrogen) atoms. The number of likely N-dealkylation sites (N-methyl/N-ethyl adjacent to an activating group) is 1. The van der Waals surface area contributed by atoms with E-state index >= 15 is 0 Å². The molecule has 2 aromatic heterocycles. The van der Waals surface area contributed by atoms with Crippen LogP contribution in [0, 0.1) is 0 Å². The fraction of sp³-hybridized carbons (Fsp3) is 0.435. The molecule has 0 radical (unpaired) electrons. The summed E-state index contributed by atoms with van der Waals surface area (Å²) in [6.45, 7) is 1.77. The van der Waals surface area contributed by atoms with Crippen molar-refractivity contribution >= 4 is 45.7 Å². The maximum absolute atomic E-state index is 13.0. The number of aromatic nitrogens is 2. The maximum Gasteiger partial charge on any atom is 0.280 e. The summed E-state index contributed by atoms with van der Waals surface area (Å²) in [5.74, 6) is -0.412. The van der Waals surface area contributed by atoms with Gasteiger partial charge in [-0.3, -0.25) is 9.59 Å². The summed E-state index contributed by atoms with van der Waals surface area (Å²) in [5, 5.41) is 8.17. The molecule has 5 N–H and O–H groups in total. The smallest absolute Gasteiger partial charge is 0.280 e. The lowest BCUT2D eigenvalue weighted by molar-refractivity contribution is 0.0855. The highest BCUT2D eigenvalue weighted by Crippen LogP contribution is 2.26. The van der Waals surface area contributed by atoms with E-state index in [4.69, 9.17) is 17.3 Å². The third-order valence-corrected chi connectivity index (χ3v) is 7.78. The summed E-state index contributed by atoms with van der Waals surface area (Å²) in [7, 11) is 2.07. The fourth-order valence-electron chi connectivity index (χ4n) is 4.66. The van der Waals surface area contributed by atoms with Crippen molar-refractivity contribution in [2.24, 2.45) is 5.73 Å². The lowest BCUT2D eigenvalue weighted by atomic mass is 9.87. The first-order valence-corrected chi connectivity index (χ1v) is 12.4. The van der Waals surface area contributed by atoms with Gasteiger partial charge in [0.25, 0.3) is 11.8 Å². The minimum Gasteiger partial charge on any atom is -0.351 e. The van der Waals surface area contributed by atoms with Crippen molar-refractivity contribution in [1.29, 1.82) is 0 Å². The molecule has 0 spiro atoms. The zero-order valence-corrected chi connectivity index (χ0v) is 19.9. The van der Waals surface area contributed by atoms with Crippen molar-refractivity contribution in [3.8, 4) is 0 Å². The quantitative estimate of drug-likeness (QED) is 0.452. The van der Waals surface area contributed by atoms with Gasteiger partial charge in [-0.1, -0.05) is 11.6 Å². The Morgan fingerprint density at radius 1 is 1.21 bits per heavy atom. The summed E-state index contributed by atoms with van der Waals surface area (Å²) < 4.78 is 0. The molecule has 0 bridgehead atoms. The molecule has 1 aromatic carbocycles. The van der Waals surface area contributed by atoms with Crippen molar-refractivity contribution in [3.05, 3.63) is 50.6 Å². The molecule has 0 saturated heterocycles. The number of fused-ring (bicyclic) bond motifs is 2. The topological polar surface area (TPSA) is 116 Å². The van der Waals surface area contributed by atoms with Gasteiger partial charge in [-0.05, 0) is 50.6 Å². The molecule has 8 nitrogen and oxygen atoms in total. The van der Waals surface area contributed by atoms with Crippen LogP contribution in [0.4, 0.5) is 0 Å². The molecule has 1 fully saturated rings. The predicted octanol–water partition coefficient (Wildman–Crippen LogP) is 2.67. The van der Waals surface area contributed by atoms with Crippen LogP contribution in [0.1, 0.15) is 50.1 Å². The summed E-state index contributed by atoms with van der Waals surface area (Å²) in [5.41, 5.74) is 8.53. The number of amides is 2. The van der Waals surface area contributed by atoms with Gasteiger partial charge in [-0.25, -0.2) is 4.98 Å². The van der Waals surface area contributed by atoms with E-state index in [1.807, 2.05) is 12.1 Å². The Labute approximate surface area is 200 Å². The largest absolute Gasteiger partial charge is 0.351 e. The van der Waals surface area contributed by atoms with E-state index in [9.17, 15) is 9.59 Å². The maximum atomic E-state index is 13.0. The van der Waals surface area contributed by atoms with Crippen LogP contribution in [0.15, 0.2) is 24.3 Å². The minimum absolute atomic E-state index is 0.0168. The molecule has 3 heterocycles. The molecule has 3 aromatic rings. The lowest BCUT2D eigenvalue weighted by Gasteiger charge is -2.35. The number of hydrogen-bond donors (Lipinski definition) is 4. The van der Waals surface area contributed by atoms with E-state index in [2.05, 4.69) is 32.5 Å². The second-order valence-corrected chi connectivity index (χ2v) is 10.5.